The van der Waals surface area contributed by atoms with Gasteiger partial charge in [-0.05, 0) is 43.7 Å². The zero-order chi connectivity index (χ0) is 25.3. The van der Waals surface area contributed by atoms with Crippen LogP contribution in [0.2, 0.25) is 0 Å². The van der Waals surface area contributed by atoms with Crippen LogP contribution in [0.4, 0.5) is 14.5 Å². The van der Waals surface area contributed by atoms with E-state index in [0.717, 1.165) is 15.9 Å². The van der Waals surface area contributed by atoms with E-state index >= 15 is 0 Å². The third-order valence-corrected chi connectivity index (χ3v) is 6.36. The molecule has 2 aromatic heterocycles. The van der Waals surface area contributed by atoms with Gasteiger partial charge in [-0.2, -0.15) is 0 Å². The number of carbonyl (C=O) groups is 1. The van der Waals surface area contributed by atoms with Crippen molar-refractivity contribution in [2.75, 3.05) is 38.1 Å². The Morgan fingerprint density at radius 2 is 1.89 bits per heavy atom. The number of pyridine rings is 1. The van der Waals surface area contributed by atoms with Crippen molar-refractivity contribution >= 4 is 22.5 Å². The first-order valence-corrected chi connectivity index (χ1v) is 11.5. The molecule has 0 bridgehead atoms. The standard InChI is InChI=1S/C24H28F2N6O3/c1-4-32-23(34)20-16(21(25)26)11-15(12-18(20)29-24(32)35)13-30-7-9-31(10-8-30)19-6-5-17(22(33)27-3)28-14(19)2/h5-6,11-12,21H,4,7-10,13H2,1-3H3,(H,27,33)(H,29,35). The van der Waals surface area contributed by atoms with Crippen LogP contribution in [0.1, 0.15) is 40.7 Å². The summed E-state index contributed by atoms with van der Waals surface area (Å²) in [6, 6.07) is 6.56. The van der Waals surface area contributed by atoms with Crippen molar-refractivity contribution in [3.63, 3.8) is 0 Å². The number of halogens is 2. The Bertz CT molecular complexity index is 1380. The van der Waals surface area contributed by atoms with Crippen molar-refractivity contribution in [3.05, 3.63) is 67.6 Å². The number of benzene rings is 1. The van der Waals surface area contributed by atoms with Gasteiger partial charge >= 0.3 is 5.69 Å². The van der Waals surface area contributed by atoms with Gasteiger partial charge < -0.3 is 15.2 Å². The van der Waals surface area contributed by atoms with Crippen LogP contribution < -0.4 is 21.5 Å². The summed E-state index contributed by atoms with van der Waals surface area (Å²) >= 11 is 0. The number of H-pyrrole nitrogens is 1. The van der Waals surface area contributed by atoms with Gasteiger partial charge in [-0.3, -0.25) is 19.1 Å². The molecular weight excluding hydrogens is 458 g/mol. The van der Waals surface area contributed by atoms with E-state index in [0.29, 0.717) is 44.0 Å². The second-order valence-electron chi connectivity index (χ2n) is 8.53. The number of carbonyl (C=O) groups excluding carboxylic acids is 1. The predicted octanol–water partition coefficient (Wildman–Crippen LogP) is 2.03. The van der Waals surface area contributed by atoms with Gasteiger partial charge in [-0.15, -0.1) is 0 Å². The van der Waals surface area contributed by atoms with Crippen LogP contribution in [0.5, 0.6) is 0 Å². The Balaban J connectivity index is 1.53. The van der Waals surface area contributed by atoms with Gasteiger partial charge in [-0.1, -0.05) is 0 Å². The number of aryl methyl sites for hydroxylation is 1. The number of aromatic amines is 1. The molecule has 0 spiro atoms. The summed E-state index contributed by atoms with van der Waals surface area (Å²) in [5.74, 6) is -0.238. The van der Waals surface area contributed by atoms with Crippen molar-refractivity contribution in [2.45, 2.75) is 33.4 Å². The summed E-state index contributed by atoms with van der Waals surface area (Å²) in [4.78, 5) is 48.0. The molecule has 1 aliphatic heterocycles. The van der Waals surface area contributed by atoms with E-state index < -0.39 is 17.7 Å². The van der Waals surface area contributed by atoms with Gasteiger partial charge in [0, 0.05) is 51.9 Å². The summed E-state index contributed by atoms with van der Waals surface area (Å²) < 4.78 is 28.6. The minimum absolute atomic E-state index is 0.0995. The molecule has 9 nitrogen and oxygen atoms in total. The molecule has 0 atom stereocenters. The van der Waals surface area contributed by atoms with Gasteiger partial charge in [0.15, 0.2) is 0 Å². The Labute approximate surface area is 200 Å². The van der Waals surface area contributed by atoms with Gasteiger partial charge in [-0.25, -0.2) is 18.6 Å². The quantitative estimate of drug-likeness (QED) is 0.553. The molecule has 1 amide bonds. The Hall–Kier alpha value is -3.60. The lowest BCUT2D eigenvalue weighted by atomic mass is 10.0. The Morgan fingerprint density at radius 3 is 2.49 bits per heavy atom. The van der Waals surface area contributed by atoms with Gasteiger partial charge in [0.25, 0.3) is 17.9 Å². The fourth-order valence-electron chi connectivity index (χ4n) is 4.57. The molecule has 0 saturated carbocycles. The van der Waals surface area contributed by atoms with E-state index in [4.69, 9.17) is 0 Å². The summed E-state index contributed by atoms with van der Waals surface area (Å²) in [7, 11) is 1.56. The summed E-state index contributed by atoms with van der Waals surface area (Å²) in [6.07, 6.45) is -2.84. The fourth-order valence-corrected chi connectivity index (χ4v) is 4.57. The number of amides is 1. The Morgan fingerprint density at radius 1 is 1.17 bits per heavy atom. The largest absolute Gasteiger partial charge is 0.368 e. The van der Waals surface area contributed by atoms with Gasteiger partial charge in [0.1, 0.15) is 5.69 Å². The lowest BCUT2D eigenvalue weighted by Crippen LogP contribution is -2.46. The molecule has 0 radical (unpaired) electrons. The highest BCUT2D eigenvalue weighted by atomic mass is 19.3. The van der Waals surface area contributed by atoms with Crippen molar-refractivity contribution in [1.29, 1.82) is 0 Å². The molecule has 3 heterocycles. The zero-order valence-corrected chi connectivity index (χ0v) is 19.9. The third-order valence-electron chi connectivity index (χ3n) is 6.36. The number of piperazine rings is 1. The first kappa shape index (κ1) is 24.5. The Kier molecular flexibility index (Phi) is 6.97. The lowest BCUT2D eigenvalue weighted by Gasteiger charge is -2.36. The molecule has 1 aromatic carbocycles. The highest BCUT2D eigenvalue weighted by Crippen LogP contribution is 2.27. The number of aromatic nitrogens is 3. The molecule has 1 aliphatic rings. The second kappa shape index (κ2) is 9.95. The molecule has 186 valence electrons. The van der Waals surface area contributed by atoms with Crippen LogP contribution in [0.25, 0.3) is 10.9 Å². The van der Waals surface area contributed by atoms with E-state index in [-0.39, 0.29) is 28.9 Å². The molecule has 2 N–H and O–H groups in total. The van der Waals surface area contributed by atoms with E-state index in [1.54, 1.807) is 26.1 Å². The van der Waals surface area contributed by atoms with Crippen molar-refractivity contribution < 1.29 is 13.6 Å². The monoisotopic (exact) mass is 486 g/mol. The highest BCUT2D eigenvalue weighted by Gasteiger charge is 2.22. The maximum Gasteiger partial charge on any atom is 0.328 e. The minimum atomic E-state index is -2.84. The molecule has 3 aromatic rings. The van der Waals surface area contributed by atoms with Crippen molar-refractivity contribution in [3.8, 4) is 0 Å². The SMILES string of the molecule is CCn1c(=O)[nH]c2cc(CN3CCN(c4ccc(C(=O)NC)nc4C)CC3)cc(C(F)F)c2c1=O. The molecule has 11 heteroatoms. The number of nitrogens with zero attached hydrogens (tertiary/aromatic N) is 4. The summed E-state index contributed by atoms with van der Waals surface area (Å²) in [5, 5.41) is 2.42. The summed E-state index contributed by atoms with van der Waals surface area (Å²) in [5.41, 5.74) is 1.15. The molecule has 4 rings (SSSR count). The van der Waals surface area contributed by atoms with E-state index in [9.17, 15) is 23.2 Å². The number of nitrogens with one attached hydrogen (secondary N) is 2. The first-order chi connectivity index (χ1) is 16.7. The number of hydrogen-bond donors (Lipinski definition) is 2. The smallest absolute Gasteiger partial charge is 0.328 e. The van der Waals surface area contributed by atoms with Crippen LogP contribution in [-0.2, 0) is 13.1 Å². The fraction of sp³-hybridized carbons (Fsp3) is 0.417. The second-order valence-corrected chi connectivity index (χ2v) is 8.53. The van der Waals surface area contributed by atoms with Crippen LogP contribution in [0, 0.1) is 6.92 Å². The topological polar surface area (TPSA) is 103 Å². The third kappa shape index (κ3) is 4.81. The summed E-state index contributed by atoms with van der Waals surface area (Å²) in [6.45, 7) is 6.77. The number of anilines is 1. The first-order valence-electron chi connectivity index (χ1n) is 11.5. The number of rotatable bonds is 6. The van der Waals surface area contributed by atoms with Crippen LogP contribution >= 0.6 is 0 Å². The average Bonchev–Trinajstić information content (AvgIpc) is 2.83. The van der Waals surface area contributed by atoms with Crippen molar-refractivity contribution in [2.24, 2.45) is 0 Å². The molecule has 0 unspecified atom stereocenters. The lowest BCUT2D eigenvalue weighted by molar-refractivity contribution is 0.0958. The minimum Gasteiger partial charge on any atom is -0.368 e. The van der Waals surface area contributed by atoms with E-state index in [2.05, 4.69) is 25.1 Å². The molecule has 1 fully saturated rings. The van der Waals surface area contributed by atoms with Crippen LogP contribution in [0.15, 0.2) is 33.9 Å². The maximum atomic E-state index is 13.9. The van der Waals surface area contributed by atoms with Crippen LogP contribution in [-0.4, -0.2) is 58.6 Å². The predicted molar refractivity (Wildman–Crippen MR) is 129 cm³/mol. The van der Waals surface area contributed by atoms with Crippen LogP contribution in [0.3, 0.4) is 0 Å². The highest BCUT2D eigenvalue weighted by molar-refractivity contribution is 5.92. The number of hydrogen-bond acceptors (Lipinski definition) is 6. The molecule has 35 heavy (non-hydrogen) atoms. The molecular formula is C24H28F2N6O3. The normalized spacial score (nSPS) is 14.6. The zero-order valence-electron chi connectivity index (χ0n) is 19.9. The maximum absolute atomic E-state index is 13.9. The number of fused-ring (bicyclic) bond motifs is 1. The van der Waals surface area contributed by atoms with Gasteiger partial charge in [0.05, 0.1) is 22.3 Å². The van der Waals surface area contributed by atoms with Crippen molar-refractivity contribution in [1.82, 2.24) is 24.8 Å². The molecule has 0 aliphatic carbocycles. The van der Waals surface area contributed by atoms with E-state index in [1.165, 1.54) is 6.07 Å². The molecule has 1 saturated heterocycles. The average molecular weight is 487 g/mol. The van der Waals surface area contributed by atoms with E-state index in [1.807, 2.05) is 13.0 Å². The number of alkyl halides is 2. The van der Waals surface area contributed by atoms with Gasteiger partial charge in [0.2, 0.25) is 0 Å².